The molecular weight excluding hydrogens is 316 g/mol. The zero-order valence-corrected chi connectivity index (χ0v) is 13.9. The highest BCUT2D eigenvalue weighted by Gasteiger charge is 2.34. The number of rotatable bonds is 2. The summed E-state index contributed by atoms with van der Waals surface area (Å²) < 4.78 is 0. The Morgan fingerprint density at radius 1 is 0.960 bits per heavy atom. The number of fused-ring (bicyclic) bond motifs is 2. The Bertz CT molecular complexity index is 883. The predicted molar refractivity (Wildman–Crippen MR) is 95.0 cm³/mol. The first-order valence-electron chi connectivity index (χ1n) is 8.63. The fraction of sp³-hybridized carbons (Fsp3) is 0.300. The molecule has 0 atom stereocenters. The lowest BCUT2D eigenvalue weighted by Gasteiger charge is -2.28. The first-order chi connectivity index (χ1) is 12.1. The fourth-order valence-corrected chi connectivity index (χ4v) is 3.84. The molecule has 1 aliphatic heterocycles. The number of hydrogen-bond acceptors (Lipinski definition) is 5. The largest absolute Gasteiger partial charge is 0.507 e. The number of anilines is 1. The minimum atomic E-state index is -0.348. The van der Waals surface area contributed by atoms with Gasteiger partial charge in [-0.2, -0.15) is 0 Å². The minimum Gasteiger partial charge on any atom is -0.507 e. The summed E-state index contributed by atoms with van der Waals surface area (Å²) in [6.07, 6.45) is 3.51. The summed E-state index contributed by atoms with van der Waals surface area (Å²) in [5.74, 6) is -0.804. The number of carbonyl (C=O) groups excluding carboxylic acids is 2. The Morgan fingerprint density at radius 3 is 2.20 bits per heavy atom. The van der Waals surface area contributed by atoms with Gasteiger partial charge in [-0.15, -0.1) is 0 Å². The Hall–Kier alpha value is -2.66. The molecule has 0 amide bonds. The summed E-state index contributed by atoms with van der Waals surface area (Å²) in [4.78, 5) is 27.9. The van der Waals surface area contributed by atoms with E-state index in [9.17, 15) is 14.7 Å². The first-order valence-corrected chi connectivity index (χ1v) is 8.63. The van der Waals surface area contributed by atoms with Gasteiger partial charge in [0.2, 0.25) is 0 Å². The van der Waals surface area contributed by atoms with E-state index in [0.29, 0.717) is 28.9 Å². The molecule has 0 aromatic heterocycles. The number of hydrogen-bond donors (Lipinski definition) is 2. The fourth-order valence-electron chi connectivity index (χ4n) is 3.84. The van der Waals surface area contributed by atoms with Crippen molar-refractivity contribution in [3.05, 3.63) is 58.1 Å². The summed E-state index contributed by atoms with van der Waals surface area (Å²) in [5, 5.41) is 10.5. The third-order valence-corrected chi connectivity index (χ3v) is 5.15. The van der Waals surface area contributed by atoms with Crippen LogP contribution in [0.5, 0.6) is 5.75 Å². The lowest BCUT2D eigenvalue weighted by Crippen LogP contribution is -2.30. The van der Waals surface area contributed by atoms with E-state index in [1.807, 2.05) is 0 Å². The predicted octanol–water partition coefficient (Wildman–Crippen LogP) is 2.74. The summed E-state index contributed by atoms with van der Waals surface area (Å²) >= 11 is 0. The Labute approximate surface area is 146 Å². The van der Waals surface area contributed by atoms with Crippen molar-refractivity contribution < 1.29 is 14.7 Å². The molecule has 25 heavy (non-hydrogen) atoms. The van der Waals surface area contributed by atoms with E-state index < -0.39 is 0 Å². The standard InChI is InChI=1S/C20H20N2O3/c21-18-12(11-22-8-4-1-5-9-22)10-15(23)16-17(18)20(25)14-7-3-2-6-13(14)19(16)24/h2-3,6-7,10,23H,1,4-5,8-9,11,21H2. The number of nitrogen functional groups attached to an aromatic ring is 1. The monoisotopic (exact) mass is 336 g/mol. The van der Waals surface area contributed by atoms with E-state index >= 15 is 0 Å². The number of carbonyl (C=O) groups is 2. The van der Waals surface area contributed by atoms with E-state index in [4.69, 9.17) is 5.73 Å². The quantitative estimate of drug-likeness (QED) is 0.555. The van der Waals surface area contributed by atoms with Crippen molar-refractivity contribution in [1.29, 1.82) is 0 Å². The molecule has 0 spiro atoms. The summed E-state index contributed by atoms with van der Waals surface area (Å²) in [7, 11) is 0. The van der Waals surface area contributed by atoms with Crippen molar-refractivity contribution in [1.82, 2.24) is 4.90 Å². The lowest BCUT2D eigenvalue weighted by molar-refractivity contribution is 0.0977. The van der Waals surface area contributed by atoms with Gasteiger partial charge in [0.1, 0.15) is 5.75 Å². The average molecular weight is 336 g/mol. The molecule has 128 valence electrons. The van der Waals surface area contributed by atoms with E-state index in [1.54, 1.807) is 30.3 Å². The van der Waals surface area contributed by atoms with E-state index in [-0.39, 0.29) is 28.4 Å². The number of aromatic hydroxyl groups is 1. The highest BCUT2D eigenvalue weighted by Crippen LogP contribution is 2.38. The van der Waals surface area contributed by atoms with E-state index in [2.05, 4.69) is 4.90 Å². The van der Waals surface area contributed by atoms with Crippen molar-refractivity contribution in [2.75, 3.05) is 18.8 Å². The zero-order chi connectivity index (χ0) is 17.6. The van der Waals surface area contributed by atoms with Crippen LogP contribution in [-0.2, 0) is 6.54 Å². The van der Waals surface area contributed by atoms with Gasteiger partial charge >= 0.3 is 0 Å². The number of phenolic OH excluding ortho intramolecular Hbond substituents is 1. The number of benzene rings is 2. The van der Waals surface area contributed by atoms with Crippen molar-refractivity contribution in [3.63, 3.8) is 0 Å². The van der Waals surface area contributed by atoms with Crippen LogP contribution in [0, 0.1) is 0 Å². The van der Waals surface area contributed by atoms with Crippen LogP contribution in [0.3, 0.4) is 0 Å². The van der Waals surface area contributed by atoms with Gasteiger partial charge in [0.25, 0.3) is 0 Å². The molecule has 1 saturated heterocycles. The Kier molecular flexibility index (Phi) is 3.81. The van der Waals surface area contributed by atoms with Gasteiger partial charge in [0.15, 0.2) is 11.6 Å². The summed E-state index contributed by atoms with van der Waals surface area (Å²) in [5.41, 5.74) is 8.15. The van der Waals surface area contributed by atoms with E-state index in [1.165, 1.54) is 6.42 Å². The molecule has 1 fully saturated rings. The molecule has 1 aliphatic carbocycles. The number of piperidine rings is 1. The van der Waals surface area contributed by atoms with Crippen LogP contribution in [0.2, 0.25) is 0 Å². The van der Waals surface area contributed by atoms with Crippen LogP contribution < -0.4 is 5.73 Å². The maximum Gasteiger partial charge on any atom is 0.198 e. The van der Waals surface area contributed by atoms with Gasteiger partial charge in [-0.25, -0.2) is 0 Å². The second-order valence-electron chi connectivity index (χ2n) is 6.76. The summed E-state index contributed by atoms with van der Waals surface area (Å²) in [6.45, 7) is 2.54. The lowest BCUT2D eigenvalue weighted by atomic mass is 9.81. The van der Waals surface area contributed by atoms with Crippen molar-refractivity contribution in [2.24, 2.45) is 0 Å². The van der Waals surface area contributed by atoms with Crippen molar-refractivity contribution in [3.8, 4) is 5.75 Å². The minimum absolute atomic E-state index is 0.0311. The van der Waals surface area contributed by atoms with E-state index in [0.717, 1.165) is 25.9 Å². The van der Waals surface area contributed by atoms with Crippen LogP contribution in [0.25, 0.3) is 0 Å². The molecule has 2 aromatic rings. The SMILES string of the molecule is Nc1c(CN2CCCCC2)cc(O)c2c1C(=O)c1ccccc1C2=O. The van der Waals surface area contributed by atoms with Crippen LogP contribution in [0.15, 0.2) is 30.3 Å². The maximum absolute atomic E-state index is 12.9. The number of nitrogens with zero attached hydrogens (tertiary/aromatic N) is 1. The normalized spacial score (nSPS) is 17.3. The van der Waals surface area contributed by atoms with Crippen LogP contribution in [0.1, 0.15) is 56.7 Å². The molecular formula is C20H20N2O3. The van der Waals surface area contributed by atoms with Crippen molar-refractivity contribution >= 4 is 17.3 Å². The molecule has 5 nitrogen and oxygen atoms in total. The molecule has 3 N–H and O–H groups in total. The van der Waals surface area contributed by atoms with Gasteiger partial charge < -0.3 is 10.8 Å². The van der Waals surface area contributed by atoms with Gasteiger partial charge in [-0.1, -0.05) is 30.7 Å². The molecule has 1 heterocycles. The molecule has 0 saturated carbocycles. The highest BCUT2D eigenvalue weighted by atomic mass is 16.3. The molecule has 2 aliphatic rings. The van der Waals surface area contributed by atoms with Crippen LogP contribution in [-0.4, -0.2) is 34.7 Å². The molecule has 5 heteroatoms. The number of phenols is 1. The molecule has 0 radical (unpaired) electrons. The number of nitrogens with two attached hydrogens (primary N) is 1. The third-order valence-electron chi connectivity index (χ3n) is 5.15. The molecule has 4 rings (SSSR count). The Morgan fingerprint density at radius 2 is 1.56 bits per heavy atom. The maximum atomic E-state index is 12.9. The second-order valence-corrected chi connectivity index (χ2v) is 6.76. The smallest absolute Gasteiger partial charge is 0.198 e. The van der Waals surface area contributed by atoms with Crippen LogP contribution in [0.4, 0.5) is 5.69 Å². The second kappa shape index (κ2) is 6.01. The summed E-state index contributed by atoms with van der Waals surface area (Å²) in [6, 6.07) is 8.22. The van der Waals surface area contributed by atoms with Gasteiger partial charge in [0.05, 0.1) is 11.1 Å². The molecule has 2 aromatic carbocycles. The van der Waals surface area contributed by atoms with Gasteiger partial charge in [0, 0.05) is 23.4 Å². The highest BCUT2D eigenvalue weighted by molar-refractivity contribution is 6.31. The zero-order valence-electron chi connectivity index (χ0n) is 13.9. The van der Waals surface area contributed by atoms with Gasteiger partial charge in [-0.05, 0) is 37.6 Å². The molecule has 0 bridgehead atoms. The topological polar surface area (TPSA) is 83.6 Å². The third kappa shape index (κ3) is 2.51. The molecule has 0 unspecified atom stereocenters. The van der Waals surface area contributed by atoms with Crippen LogP contribution >= 0.6 is 0 Å². The number of likely N-dealkylation sites (tertiary alicyclic amines) is 1. The first kappa shape index (κ1) is 15.8. The number of ketones is 2. The van der Waals surface area contributed by atoms with Gasteiger partial charge in [-0.3, -0.25) is 14.5 Å². The average Bonchev–Trinajstić information content (AvgIpc) is 2.63. The Balaban J connectivity index is 1.81. The van der Waals surface area contributed by atoms with Crippen molar-refractivity contribution in [2.45, 2.75) is 25.8 Å².